The van der Waals surface area contributed by atoms with Crippen LogP contribution in [0.3, 0.4) is 0 Å². The number of isocyanates is 1. The molecule has 0 fully saturated rings. The smallest absolute Gasteiger partial charge is 0.390 e. The van der Waals surface area contributed by atoms with Crippen LogP contribution in [0.25, 0.3) is 0 Å². The molecule has 0 aliphatic rings. The minimum atomic E-state index is -2.79. The Morgan fingerprint density at radius 2 is 1.67 bits per heavy atom. The average molecular weight is 307 g/mol. The van der Waals surface area contributed by atoms with Gasteiger partial charge in [-0.15, -0.1) is 0 Å². The Kier molecular flexibility index (Phi) is 8.16. The number of aliphatic imine (C=N–C) groups is 1. The van der Waals surface area contributed by atoms with Gasteiger partial charge in [0.1, 0.15) is 5.67 Å². The zero-order chi connectivity index (χ0) is 15.6. The van der Waals surface area contributed by atoms with Crippen LogP contribution in [0.5, 0.6) is 0 Å². The Balaban J connectivity index is 3.28. The van der Waals surface area contributed by atoms with Crippen LogP contribution in [-0.4, -0.2) is 33.5 Å². The second-order valence-electron chi connectivity index (χ2n) is 4.87. The van der Waals surface area contributed by atoms with Crippen molar-refractivity contribution in [2.24, 2.45) is 4.99 Å². The van der Waals surface area contributed by atoms with Crippen molar-refractivity contribution in [1.29, 1.82) is 0 Å². The molecule has 0 saturated heterocycles. The first-order chi connectivity index (χ1) is 10.2. The average Bonchev–Trinajstić information content (AvgIpc) is 2.54. The van der Waals surface area contributed by atoms with E-state index < -0.39 is 8.56 Å². The van der Waals surface area contributed by atoms with Gasteiger partial charge in [0.25, 0.3) is 0 Å². The van der Waals surface area contributed by atoms with Crippen LogP contribution in [0, 0.1) is 0 Å². The number of carbonyl (C=O) groups excluding carboxylic acids is 1. The summed E-state index contributed by atoms with van der Waals surface area (Å²) in [7, 11) is -2.79. The van der Waals surface area contributed by atoms with Crippen molar-refractivity contribution >= 4 is 19.8 Å². The lowest BCUT2D eigenvalue weighted by molar-refractivity contribution is 0.170. The molecule has 0 radical (unpaired) electrons. The van der Waals surface area contributed by atoms with Gasteiger partial charge in [0.2, 0.25) is 6.08 Å². The van der Waals surface area contributed by atoms with E-state index in [2.05, 4.69) is 18.8 Å². The molecule has 0 aliphatic heterocycles. The van der Waals surface area contributed by atoms with Crippen LogP contribution >= 0.6 is 0 Å². The summed E-state index contributed by atoms with van der Waals surface area (Å²) in [5, 5.41) is 1.03. The van der Waals surface area contributed by atoms with Crippen molar-refractivity contribution in [3.63, 3.8) is 0 Å². The van der Waals surface area contributed by atoms with Gasteiger partial charge in [-0.1, -0.05) is 51.1 Å². The molecule has 116 valence electrons. The van der Waals surface area contributed by atoms with Gasteiger partial charge in [0.15, 0.2) is 0 Å². The van der Waals surface area contributed by atoms with Crippen molar-refractivity contribution in [1.82, 2.24) is 0 Å². The molecule has 21 heavy (non-hydrogen) atoms. The van der Waals surface area contributed by atoms with Gasteiger partial charge in [-0.05, 0) is 24.4 Å². The molecule has 0 bridgehead atoms. The predicted octanol–water partition coefficient (Wildman–Crippen LogP) is 2.84. The van der Waals surface area contributed by atoms with Crippen LogP contribution in [0.1, 0.15) is 40.0 Å². The summed E-state index contributed by atoms with van der Waals surface area (Å²) in [4.78, 5) is 14.8. The monoisotopic (exact) mass is 307 g/mol. The van der Waals surface area contributed by atoms with Crippen molar-refractivity contribution < 1.29 is 13.6 Å². The highest BCUT2D eigenvalue weighted by Gasteiger charge is 2.48. The van der Waals surface area contributed by atoms with Crippen molar-refractivity contribution in [3.8, 4) is 0 Å². The molecule has 0 amide bonds. The zero-order valence-electron chi connectivity index (χ0n) is 13.2. The largest absolute Gasteiger partial charge is 0.398 e. The Bertz CT molecular complexity index is 438. The molecule has 5 heteroatoms. The number of nitrogens with zero attached hydrogens (tertiary/aromatic N) is 1. The molecule has 1 rings (SSSR count). The maximum atomic E-state index is 10.8. The quantitative estimate of drug-likeness (QED) is 0.379. The number of hydrogen-bond donors (Lipinski definition) is 0. The minimum absolute atomic E-state index is 0.268. The topological polar surface area (TPSA) is 47.9 Å². The zero-order valence-corrected chi connectivity index (χ0v) is 14.2. The van der Waals surface area contributed by atoms with E-state index in [1.807, 2.05) is 37.3 Å². The van der Waals surface area contributed by atoms with Crippen LogP contribution < -0.4 is 5.19 Å². The fourth-order valence-electron chi connectivity index (χ4n) is 2.28. The van der Waals surface area contributed by atoms with E-state index in [4.69, 9.17) is 8.85 Å². The van der Waals surface area contributed by atoms with E-state index in [1.54, 1.807) is 6.08 Å². The van der Waals surface area contributed by atoms with E-state index in [0.717, 1.165) is 18.0 Å². The maximum Gasteiger partial charge on any atom is 0.398 e. The molecule has 1 unspecified atom stereocenters. The van der Waals surface area contributed by atoms with E-state index in [9.17, 15) is 4.79 Å². The van der Waals surface area contributed by atoms with Crippen LogP contribution in [-0.2, 0) is 13.6 Å². The van der Waals surface area contributed by atoms with Crippen molar-refractivity contribution in [2.75, 3.05) is 13.2 Å². The molecule has 1 aromatic carbocycles. The summed E-state index contributed by atoms with van der Waals surface area (Å²) in [6, 6.07) is 9.94. The summed E-state index contributed by atoms with van der Waals surface area (Å²) in [5.74, 6) is 0. The summed E-state index contributed by atoms with van der Waals surface area (Å²) in [5.41, 5.74) is -0.268. The third-order valence-corrected chi connectivity index (χ3v) is 7.07. The van der Waals surface area contributed by atoms with Gasteiger partial charge in [-0.3, -0.25) is 0 Å². The Labute approximate surface area is 128 Å². The van der Waals surface area contributed by atoms with Crippen LogP contribution in [0.2, 0.25) is 0 Å². The van der Waals surface area contributed by atoms with Gasteiger partial charge in [-0.25, -0.2) is 9.79 Å². The normalized spacial score (nSPS) is 12.7. The number of benzene rings is 1. The molecule has 0 aliphatic carbocycles. The fourth-order valence-corrected chi connectivity index (χ4v) is 5.90. The third-order valence-electron chi connectivity index (χ3n) is 3.25. The molecule has 0 saturated carbocycles. The molecule has 0 spiro atoms. The number of rotatable bonds is 10. The molecule has 1 atom stereocenters. The molecule has 0 heterocycles. The van der Waals surface area contributed by atoms with Gasteiger partial charge in [0.05, 0.1) is 0 Å². The number of hydrogen-bond acceptors (Lipinski definition) is 4. The van der Waals surface area contributed by atoms with Gasteiger partial charge < -0.3 is 8.85 Å². The van der Waals surface area contributed by atoms with E-state index in [1.165, 1.54) is 0 Å². The summed E-state index contributed by atoms with van der Waals surface area (Å²) in [6.45, 7) is 7.34. The highest BCUT2D eigenvalue weighted by atomic mass is 28.4. The van der Waals surface area contributed by atoms with E-state index >= 15 is 0 Å². The molecular formula is C16H25NO3Si. The third kappa shape index (κ3) is 4.61. The first-order valence-electron chi connectivity index (χ1n) is 7.65. The Morgan fingerprint density at radius 3 is 2.10 bits per heavy atom. The summed E-state index contributed by atoms with van der Waals surface area (Å²) >= 11 is 0. The van der Waals surface area contributed by atoms with Gasteiger partial charge in [0, 0.05) is 13.2 Å². The highest BCUT2D eigenvalue weighted by Crippen LogP contribution is 2.20. The lowest BCUT2D eigenvalue weighted by Crippen LogP contribution is -2.62. The van der Waals surface area contributed by atoms with Crippen LogP contribution in [0.15, 0.2) is 35.3 Å². The Morgan fingerprint density at radius 1 is 1.10 bits per heavy atom. The van der Waals surface area contributed by atoms with Gasteiger partial charge >= 0.3 is 8.56 Å². The first-order valence-corrected chi connectivity index (χ1v) is 9.54. The molecule has 1 aromatic rings. The predicted molar refractivity (Wildman–Crippen MR) is 86.5 cm³/mol. The van der Waals surface area contributed by atoms with Crippen molar-refractivity contribution in [2.45, 2.75) is 45.7 Å². The molecular weight excluding hydrogens is 282 g/mol. The second kappa shape index (κ2) is 9.63. The minimum Gasteiger partial charge on any atom is -0.390 e. The maximum absolute atomic E-state index is 10.8. The summed E-state index contributed by atoms with van der Waals surface area (Å²) in [6.07, 6.45) is 4.20. The Hall–Kier alpha value is -1.26. The summed E-state index contributed by atoms with van der Waals surface area (Å²) < 4.78 is 12.4. The second-order valence-corrected chi connectivity index (χ2v) is 8.03. The molecule has 0 N–H and O–H groups in total. The SMILES string of the molecule is CCCO[Si](OCCC)(c1ccccc1)C(CC)N=C=O. The standard InChI is InChI=1S/C16H25NO3Si/c1-4-12-19-21(20-13-5-2,16(6-3)17-14-18)15-10-8-7-9-11-15/h7-11,16H,4-6,12-13H2,1-3H3. The molecule has 0 aromatic heterocycles. The highest BCUT2D eigenvalue weighted by molar-refractivity contribution is 6.82. The van der Waals surface area contributed by atoms with Crippen LogP contribution in [0.4, 0.5) is 0 Å². The fraction of sp³-hybridized carbons (Fsp3) is 0.562. The van der Waals surface area contributed by atoms with E-state index in [0.29, 0.717) is 19.6 Å². The first kappa shape index (κ1) is 17.8. The molecule has 4 nitrogen and oxygen atoms in total. The van der Waals surface area contributed by atoms with Gasteiger partial charge in [-0.2, -0.15) is 0 Å². The lowest BCUT2D eigenvalue weighted by Gasteiger charge is -2.34. The lowest BCUT2D eigenvalue weighted by atomic mass is 10.4. The van der Waals surface area contributed by atoms with Crippen molar-refractivity contribution in [3.05, 3.63) is 30.3 Å². The van der Waals surface area contributed by atoms with E-state index in [-0.39, 0.29) is 5.67 Å².